The fourth-order valence-electron chi connectivity index (χ4n) is 2.50. The van der Waals surface area contributed by atoms with Gasteiger partial charge in [0.1, 0.15) is 5.75 Å². The van der Waals surface area contributed by atoms with Crippen molar-refractivity contribution in [3.63, 3.8) is 0 Å². The first-order chi connectivity index (χ1) is 11.1. The summed E-state index contributed by atoms with van der Waals surface area (Å²) in [5, 5.41) is 5.08. The summed E-state index contributed by atoms with van der Waals surface area (Å²) in [6.07, 6.45) is -0.574. The van der Waals surface area contributed by atoms with E-state index in [4.69, 9.17) is 4.74 Å². The zero-order valence-corrected chi connectivity index (χ0v) is 13.2. The van der Waals surface area contributed by atoms with E-state index in [0.717, 1.165) is 27.8 Å². The van der Waals surface area contributed by atoms with Gasteiger partial charge in [-0.05, 0) is 36.9 Å². The highest BCUT2D eigenvalue weighted by molar-refractivity contribution is 6.03. The maximum Gasteiger partial charge on any atom is 0.265 e. The molecule has 0 aromatic heterocycles. The number of fused-ring (bicyclic) bond motifs is 1. The van der Waals surface area contributed by atoms with E-state index in [1.165, 1.54) is 0 Å². The lowest BCUT2D eigenvalue weighted by Gasteiger charge is -2.17. The van der Waals surface area contributed by atoms with Gasteiger partial charge in [-0.2, -0.15) is 0 Å². The monoisotopic (exact) mass is 305 g/mol. The van der Waals surface area contributed by atoms with Crippen LogP contribution in [0.15, 0.2) is 66.7 Å². The number of ether oxygens (including phenoxy) is 1. The van der Waals surface area contributed by atoms with Crippen LogP contribution in [-0.4, -0.2) is 12.0 Å². The van der Waals surface area contributed by atoms with Crippen LogP contribution < -0.4 is 10.1 Å². The van der Waals surface area contributed by atoms with E-state index in [1.807, 2.05) is 73.7 Å². The molecule has 0 saturated carbocycles. The maximum absolute atomic E-state index is 12.4. The molecule has 0 radical (unpaired) electrons. The van der Waals surface area contributed by atoms with Gasteiger partial charge < -0.3 is 10.1 Å². The van der Waals surface area contributed by atoms with Gasteiger partial charge in [-0.3, -0.25) is 4.79 Å². The lowest BCUT2D eigenvalue weighted by Crippen LogP contribution is -2.30. The molecule has 1 amide bonds. The number of hydrogen-bond acceptors (Lipinski definition) is 2. The van der Waals surface area contributed by atoms with Crippen LogP contribution in [0.4, 0.5) is 5.69 Å². The van der Waals surface area contributed by atoms with Gasteiger partial charge in [0.25, 0.3) is 5.91 Å². The predicted molar refractivity (Wildman–Crippen MR) is 93.8 cm³/mol. The summed E-state index contributed by atoms with van der Waals surface area (Å²) < 4.78 is 5.78. The Balaban J connectivity index is 1.77. The molecule has 1 N–H and O–H groups in total. The van der Waals surface area contributed by atoms with Gasteiger partial charge >= 0.3 is 0 Å². The van der Waals surface area contributed by atoms with Crippen LogP contribution in [0.1, 0.15) is 12.5 Å². The molecule has 0 aliphatic carbocycles. The minimum atomic E-state index is -0.574. The molecule has 116 valence electrons. The van der Waals surface area contributed by atoms with Crippen LogP contribution in [0.3, 0.4) is 0 Å². The first-order valence-electron chi connectivity index (χ1n) is 7.66. The average molecular weight is 305 g/mol. The van der Waals surface area contributed by atoms with E-state index < -0.39 is 6.10 Å². The van der Waals surface area contributed by atoms with Crippen LogP contribution >= 0.6 is 0 Å². The molecule has 3 rings (SSSR count). The van der Waals surface area contributed by atoms with Gasteiger partial charge in [0.2, 0.25) is 0 Å². The number of rotatable bonds is 4. The molecule has 3 aromatic rings. The van der Waals surface area contributed by atoms with Gasteiger partial charge in [-0.1, -0.05) is 54.6 Å². The molecular weight excluding hydrogens is 286 g/mol. The quantitative estimate of drug-likeness (QED) is 0.767. The van der Waals surface area contributed by atoms with Crippen LogP contribution in [0.2, 0.25) is 0 Å². The second-order valence-corrected chi connectivity index (χ2v) is 5.54. The standard InChI is InChI=1S/C20H19NO2/c1-14-8-3-6-13-19(14)23-15(2)20(22)21-18-12-7-10-16-9-4-5-11-17(16)18/h3-13,15H,1-2H3,(H,21,22). The molecule has 0 fully saturated rings. The van der Waals surface area contributed by atoms with E-state index in [9.17, 15) is 4.79 Å². The normalized spacial score (nSPS) is 11.9. The number of benzene rings is 3. The largest absolute Gasteiger partial charge is 0.481 e. The number of para-hydroxylation sites is 1. The minimum Gasteiger partial charge on any atom is -0.481 e. The Labute approximate surface area is 135 Å². The lowest BCUT2D eigenvalue weighted by molar-refractivity contribution is -0.122. The highest BCUT2D eigenvalue weighted by Gasteiger charge is 2.16. The summed E-state index contributed by atoms with van der Waals surface area (Å²) in [5.74, 6) is 0.567. The third-order valence-corrected chi connectivity index (χ3v) is 3.81. The fraction of sp³-hybridized carbons (Fsp3) is 0.150. The first kappa shape index (κ1) is 15.1. The predicted octanol–water partition coefficient (Wildman–Crippen LogP) is 4.55. The number of nitrogens with one attached hydrogen (secondary N) is 1. The molecule has 1 atom stereocenters. The summed E-state index contributed by atoms with van der Waals surface area (Å²) in [5.41, 5.74) is 1.81. The summed E-state index contributed by atoms with van der Waals surface area (Å²) >= 11 is 0. The SMILES string of the molecule is Cc1ccccc1OC(C)C(=O)Nc1cccc2ccccc12. The molecule has 23 heavy (non-hydrogen) atoms. The molecule has 0 saturated heterocycles. The zero-order chi connectivity index (χ0) is 16.2. The van der Waals surface area contributed by atoms with Gasteiger partial charge in [-0.25, -0.2) is 0 Å². The van der Waals surface area contributed by atoms with Crippen molar-refractivity contribution in [2.75, 3.05) is 5.32 Å². The number of carbonyl (C=O) groups is 1. The van der Waals surface area contributed by atoms with Crippen molar-refractivity contribution in [2.45, 2.75) is 20.0 Å². The Morgan fingerprint density at radius 2 is 1.65 bits per heavy atom. The molecule has 3 aromatic carbocycles. The Morgan fingerprint density at radius 1 is 0.957 bits per heavy atom. The van der Waals surface area contributed by atoms with E-state index in [-0.39, 0.29) is 5.91 Å². The van der Waals surface area contributed by atoms with Crippen molar-refractivity contribution in [1.29, 1.82) is 0 Å². The van der Waals surface area contributed by atoms with Crippen LogP contribution in [0.25, 0.3) is 10.8 Å². The molecule has 0 heterocycles. The van der Waals surface area contributed by atoms with Gasteiger partial charge in [0.15, 0.2) is 6.10 Å². The van der Waals surface area contributed by atoms with Crippen molar-refractivity contribution in [2.24, 2.45) is 0 Å². The van der Waals surface area contributed by atoms with Crippen LogP contribution in [0.5, 0.6) is 5.75 Å². The summed E-state index contributed by atoms with van der Waals surface area (Å²) in [6.45, 7) is 3.72. The first-order valence-corrected chi connectivity index (χ1v) is 7.66. The van der Waals surface area contributed by atoms with Gasteiger partial charge in [-0.15, -0.1) is 0 Å². The highest BCUT2D eigenvalue weighted by Crippen LogP contribution is 2.24. The Morgan fingerprint density at radius 3 is 2.48 bits per heavy atom. The van der Waals surface area contributed by atoms with Crippen molar-refractivity contribution in [3.05, 3.63) is 72.3 Å². The Kier molecular flexibility index (Phi) is 4.29. The zero-order valence-electron chi connectivity index (χ0n) is 13.2. The fourth-order valence-corrected chi connectivity index (χ4v) is 2.50. The van der Waals surface area contributed by atoms with E-state index in [2.05, 4.69) is 5.32 Å². The molecule has 0 bridgehead atoms. The van der Waals surface area contributed by atoms with Crippen molar-refractivity contribution in [3.8, 4) is 5.75 Å². The van der Waals surface area contributed by atoms with E-state index >= 15 is 0 Å². The number of carbonyl (C=O) groups excluding carboxylic acids is 1. The van der Waals surface area contributed by atoms with Gasteiger partial charge in [0.05, 0.1) is 0 Å². The molecule has 0 aliphatic heterocycles. The summed E-state index contributed by atoms with van der Waals surface area (Å²) in [7, 11) is 0. The van der Waals surface area contributed by atoms with E-state index in [1.54, 1.807) is 6.92 Å². The Hall–Kier alpha value is -2.81. The number of aryl methyl sites for hydroxylation is 1. The average Bonchev–Trinajstić information content (AvgIpc) is 2.57. The number of anilines is 1. The molecule has 0 aliphatic rings. The summed E-state index contributed by atoms with van der Waals surface area (Å²) in [6, 6.07) is 21.5. The third kappa shape index (κ3) is 3.34. The molecule has 3 nitrogen and oxygen atoms in total. The van der Waals surface area contributed by atoms with E-state index in [0.29, 0.717) is 0 Å². The topological polar surface area (TPSA) is 38.3 Å². The third-order valence-electron chi connectivity index (χ3n) is 3.81. The Bertz CT molecular complexity index is 836. The molecule has 0 spiro atoms. The maximum atomic E-state index is 12.4. The molecule has 3 heteroatoms. The lowest BCUT2D eigenvalue weighted by atomic mass is 10.1. The van der Waals surface area contributed by atoms with Gasteiger partial charge in [0, 0.05) is 11.1 Å². The minimum absolute atomic E-state index is 0.162. The molecule has 1 unspecified atom stereocenters. The van der Waals surface area contributed by atoms with Crippen LogP contribution in [0, 0.1) is 6.92 Å². The van der Waals surface area contributed by atoms with Crippen molar-refractivity contribution >= 4 is 22.4 Å². The second-order valence-electron chi connectivity index (χ2n) is 5.54. The van der Waals surface area contributed by atoms with Crippen molar-refractivity contribution in [1.82, 2.24) is 0 Å². The smallest absolute Gasteiger partial charge is 0.265 e. The summed E-state index contributed by atoms with van der Waals surface area (Å²) in [4.78, 5) is 12.4. The molecular formula is C20H19NO2. The number of amides is 1. The second kappa shape index (κ2) is 6.53. The van der Waals surface area contributed by atoms with Crippen molar-refractivity contribution < 1.29 is 9.53 Å². The number of hydrogen-bond donors (Lipinski definition) is 1. The van der Waals surface area contributed by atoms with Crippen LogP contribution in [-0.2, 0) is 4.79 Å². The highest BCUT2D eigenvalue weighted by atomic mass is 16.5.